The van der Waals surface area contributed by atoms with Gasteiger partial charge in [-0.25, -0.2) is 4.98 Å². The van der Waals surface area contributed by atoms with Gasteiger partial charge in [0, 0.05) is 12.6 Å². The van der Waals surface area contributed by atoms with Crippen LogP contribution in [0, 0.1) is 18.3 Å². The van der Waals surface area contributed by atoms with Crippen molar-refractivity contribution in [3.8, 4) is 6.07 Å². The maximum Gasteiger partial charge on any atom is 0.121 e. The van der Waals surface area contributed by atoms with Crippen LogP contribution in [0.1, 0.15) is 39.3 Å². The minimum Gasteiger partial charge on any atom is -0.316 e. The summed E-state index contributed by atoms with van der Waals surface area (Å²) >= 11 is 0. The van der Waals surface area contributed by atoms with E-state index in [-0.39, 0.29) is 0 Å². The summed E-state index contributed by atoms with van der Waals surface area (Å²) < 4.78 is 2.31. The van der Waals surface area contributed by atoms with E-state index in [1.54, 1.807) is 0 Å². The van der Waals surface area contributed by atoms with Crippen LogP contribution in [0.15, 0.2) is 121 Å². The number of rotatable bonds is 6. The summed E-state index contributed by atoms with van der Waals surface area (Å²) in [5, 5.41) is 9.11. The minimum atomic E-state index is -0.566. The van der Waals surface area contributed by atoms with Crippen LogP contribution >= 0.6 is 0 Å². The van der Waals surface area contributed by atoms with Gasteiger partial charge in [0.05, 0.1) is 17.3 Å². The second-order valence-corrected chi connectivity index (χ2v) is 8.44. The van der Waals surface area contributed by atoms with Crippen LogP contribution in [0.4, 0.5) is 0 Å². The summed E-state index contributed by atoms with van der Waals surface area (Å²) in [6, 6.07) is 41.8. The molecule has 0 saturated carbocycles. The molecule has 0 fully saturated rings. The van der Waals surface area contributed by atoms with Crippen molar-refractivity contribution in [3.05, 3.63) is 161 Å². The van der Waals surface area contributed by atoms with Gasteiger partial charge in [0.2, 0.25) is 0 Å². The highest BCUT2D eigenvalue weighted by Crippen LogP contribution is 2.41. The van der Waals surface area contributed by atoms with Gasteiger partial charge in [-0.3, -0.25) is 0 Å². The van der Waals surface area contributed by atoms with Crippen LogP contribution < -0.4 is 0 Å². The van der Waals surface area contributed by atoms with Gasteiger partial charge in [-0.2, -0.15) is 5.26 Å². The van der Waals surface area contributed by atoms with Gasteiger partial charge in [-0.15, -0.1) is 0 Å². The van der Waals surface area contributed by atoms with Crippen molar-refractivity contribution >= 4 is 0 Å². The first kappa shape index (κ1) is 21.4. The van der Waals surface area contributed by atoms with Crippen LogP contribution in [-0.2, 0) is 12.0 Å². The molecule has 0 bridgehead atoms. The normalized spacial score (nSPS) is 11.2. The Morgan fingerprint density at radius 3 is 1.62 bits per heavy atom. The summed E-state index contributed by atoms with van der Waals surface area (Å²) in [7, 11) is 0. The fraction of sp³-hybridized carbons (Fsp3) is 0.0968. The lowest BCUT2D eigenvalue weighted by atomic mass is 9.76. The van der Waals surface area contributed by atoms with Crippen molar-refractivity contribution in [2.45, 2.75) is 18.9 Å². The molecule has 0 aliphatic rings. The Morgan fingerprint density at radius 2 is 1.18 bits per heavy atom. The Balaban J connectivity index is 1.72. The maximum absolute atomic E-state index is 9.11. The first-order chi connectivity index (χ1) is 16.7. The van der Waals surface area contributed by atoms with Crippen LogP contribution in [0.25, 0.3) is 0 Å². The maximum atomic E-state index is 9.11. The van der Waals surface area contributed by atoms with E-state index in [1.807, 2.05) is 24.3 Å². The molecule has 1 aromatic heterocycles. The molecule has 0 spiro atoms. The van der Waals surface area contributed by atoms with Crippen molar-refractivity contribution in [2.75, 3.05) is 0 Å². The van der Waals surface area contributed by atoms with Gasteiger partial charge in [0.15, 0.2) is 0 Å². The van der Waals surface area contributed by atoms with Gasteiger partial charge in [0.25, 0.3) is 0 Å². The highest BCUT2D eigenvalue weighted by molar-refractivity contribution is 5.51. The fourth-order valence-electron chi connectivity index (χ4n) is 4.82. The molecule has 164 valence electrons. The Kier molecular flexibility index (Phi) is 5.81. The predicted molar refractivity (Wildman–Crippen MR) is 136 cm³/mol. The van der Waals surface area contributed by atoms with Gasteiger partial charge >= 0.3 is 0 Å². The standard InChI is InChI=1S/C31H25N3/c1-24-33-30(21-25-17-19-26(22-32)20-18-25)23-34(24)31(27-11-5-2-6-12-27,28-13-7-3-8-14-28)29-15-9-4-10-16-29/h2-20,23H,21H2,1H3. The number of hydrogen-bond donors (Lipinski definition) is 0. The van der Waals surface area contributed by atoms with Crippen molar-refractivity contribution < 1.29 is 0 Å². The second-order valence-electron chi connectivity index (χ2n) is 8.44. The molecule has 4 aromatic carbocycles. The average molecular weight is 440 g/mol. The van der Waals surface area contributed by atoms with Crippen LogP contribution in [-0.4, -0.2) is 9.55 Å². The molecule has 5 aromatic rings. The third-order valence-electron chi connectivity index (χ3n) is 6.34. The number of benzene rings is 4. The molecule has 0 aliphatic carbocycles. The predicted octanol–water partition coefficient (Wildman–Crippen LogP) is 6.49. The van der Waals surface area contributed by atoms with Crippen LogP contribution in [0.2, 0.25) is 0 Å². The summed E-state index contributed by atoms with van der Waals surface area (Å²) in [4.78, 5) is 4.99. The Morgan fingerprint density at radius 1 is 0.706 bits per heavy atom. The number of nitriles is 1. The van der Waals surface area contributed by atoms with E-state index in [4.69, 9.17) is 10.2 Å². The lowest BCUT2D eigenvalue weighted by Crippen LogP contribution is -2.38. The molecular weight excluding hydrogens is 414 g/mol. The molecular formula is C31H25N3. The van der Waals surface area contributed by atoms with E-state index in [2.05, 4.69) is 115 Å². The highest BCUT2D eigenvalue weighted by Gasteiger charge is 2.39. The van der Waals surface area contributed by atoms with Gasteiger partial charge < -0.3 is 4.57 Å². The molecule has 0 atom stereocenters. The average Bonchev–Trinajstić information content (AvgIpc) is 3.27. The lowest BCUT2D eigenvalue weighted by molar-refractivity contribution is 0.501. The Bertz CT molecular complexity index is 1310. The zero-order chi connectivity index (χ0) is 23.4. The summed E-state index contributed by atoms with van der Waals surface area (Å²) in [6.07, 6.45) is 2.88. The van der Waals surface area contributed by atoms with E-state index >= 15 is 0 Å². The second kappa shape index (κ2) is 9.21. The van der Waals surface area contributed by atoms with Gasteiger partial charge in [0.1, 0.15) is 11.4 Å². The molecule has 0 radical (unpaired) electrons. The molecule has 34 heavy (non-hydrogen) atoms. The minimum absolute atomic E-state index is 0.566. The van der Waals surface area contributed by atoms with Gasteiger partial charge in [-0.1, -0.05) is 103 Å². The van der Waals surface area contributed by atoms with Gasteiger partial charge in [-0.05, 0) is 41.3 Å². The molecule has 3 heteroatoms. The molecule has 0 unspecified atom stereocenters. The first-order valence-corrected chi connectivity index (χ1v) is 11.4. The third-order valence-corrected chi connectivity index (χ3v) is 6.34. The van der Waals surface area contributed by atoms with Crippen molar-refractivity contribution in [3.63, 3.8) is 0 Å². The van der Waals surface area contributed by atoms with E-state index in [1.165, 1.54) is 16.7 Å². The van der Waals surface area contributed by atoms with E-state index < -0.39 is 5.54 Å². The third kappa shape index (κ3) is 3.80. The quantitative estimate of drug-likeness (QED) is 0.284. The number of nitrogens with zero attached hydrogens (tertiary/aromatic N) is 3. The van der Waals surface area contributed by atoms with Crippen LogP contribution in [0.3, 0.4) is 0 Å². The molecule has 0 saturated heterocycles. The van der Waals surface area contributed by atoms with Crippen molar-refractivity contribution in [1.29, 1.82) is 5.26 Å². The molecule has 0 amide bonds. The van der Waals surface area contributed by atoms with Crippen molar-refractivity contribution in [2.24, 2.45) is 0 Å². The first-order valence-electron chi connectivity index (χ1n) is 11.4. The summed E-state index contributed by atoms with van der Waals surface area (Å²) in [5.41, 5.74) is 5.77. The molecule has 3 nitrogen and oxygen atoms in total. The smallest absolute Gasteiger partial charge is 0.121 e. The summed E-state index contributed by atoms with van der Waals surface area (Å²) in [6.45, 7) is 2.08. The molecule has 1 heterocycles. The Hall–Kier alpha value is -4.42. The molecule has 5 rings (SSSR count). The number of imidazole rings is 1. The van der Waals surface area contributed by atoms with E-state index in [0.29, 0.717) is 12.0 Å². The Labute approximate surface area is 200 Å². The monoisotopic (exact) mass is 439 g/mol. The van der Waals surface area contributed by atoms with Crippen molar-refractivity contribution in [1.82, 2.24) is 9.55 Å². The zero-order valence-electron chi connectivity index (χ0n) is 19.1. The SMILES string of the molecule is Cc1nc(Cc2ccc(C#N)cc2)cn1C(c1ccccc1)(c1ccccc1)c1ccccc1. The molecule has 0 N–H and O–H groups in total. The largest absolute Gasteiger partial charge is 0.316 e. The number of aromatic nitrogens is 2. The number of aryl methyl sites for hydroxylation is 1. The van der Waals surface area contributed by atoms with E-state index in [9.17, 15) is 0 Å². The van der Waals surface area contributed by atoms with E-state index in [0.717, 1.165) is 17.1 Å². The summed E-state index contributed by atoms with van der Waals surface area (Å²) in [5.74, 6) is 0.945. The zero-order valence-corrected chi connectivity index (χ0v) is 19.1. The topological polar surface area (TPSA) is 41.6 Å². The van der Waals surface area contributed by atoms with Crippen LogP contribution in [0.5, 0.6) is 0 Å². The molecule has 0 aliphatic heterocycles. The highest BCUT2D eigenvalue weighted by atomic mass is 15.1. The lowest BCUT2D eigenvalue weighted by Gasteiger charge is -2.38. The number of hydrogen-bond acceptors (Lipinski definition) is 2. The fourth-order valence-corrected chi connectivity index (χ4v) is 4.82.